The van der Waals surface area contributed by atoms with Gasteiger partial charge in [-0.2, -0.15) is 0 Å². The summed E-state index contributed by atoms with van der Waals surface area (Å²) in [4.78, 5) is 21.6. The van der Waals surface area contributed by atoms with E-state index in [0.29, 0.717) is 11.7 Å². The highest BCUT2D eigenvalue weighted by atomic mass is 16.1. The molecule has 0 N–H and O–H groups in total. The summed E-state index contributed by atoms with van der Waals surface area (Å²) in [6, 6.07) is 10.3. The number of unbranched alkanes of at least 4 members (excludes halogenated alkanes) is 5. The van der Waals surface area contributed by atoms with Gasteiger partial charge in [-0.3, -0.25) is 9.59 Å². The molecule has 0 saturated heterocycles. The van der Waals surface area contributed by atoms with E-state index in [2.05, 4.69) is 46.4 Å². The number of hydrogen-bond acceptors (Lipinski definition) is 2. The van der Waals surface area contributed by atoms with E-state index in [0.717, 1.165) is 19.3 Å². The molecule has 232 valence electrons. The summed E-state index contributed by atoms with van der Waals surface area (Å²) in [5.74, 6) is 1.69. The molecule has 39 heavy (non-hydrogen) atoms. The zero-order valence-electron chi connectivity index (χ0n) is 29.2. The van der Waals surface area contributed by atoms with E-state index in [-0.39, 0.29) is 17.6 Å². The van der Waals surface area contributed by atoms with E-state index in [9.17, 15) is 9.59 Å². The van der Waals surface area contributed by atoms with Gasteiger partial charge in [0, 0.05) is 11.8 Å². The first-order valence-corrected chi connectivity index (χ1v) is 16.2. The molecule has 2 atom stereocenters. The van der Waals surface area contributed by atoms with Crippen molar-refractivity contribution in [3.8, 4) is 0 Å². The Morgan fingerprint density at radius 2 is 1.13 bits per heavy atom. The van der Waals surface area contributed by atoms with E-state index < -0.39 is 0 Å². The number of ketones is 2. The van der Waals surface area contributed by atoms with E-state index in [1.165, 1.54) is 56.1 Å². The van der Waals surface area contributed by atoms with Crippen LogP contribution in [-0.2, 0) is 16.0 Å². The van der Waals surface area contributed by atoms with Crippen molar-refractivity contribution < 1.29 is 9.59 Å². The molecule has 0 heterocycles. The molecule has 1 aromatic carbocycles. The first-order valence-electron chi connectivity index (χ1n) is 16.2. The molecule has 0 unspecified atom stereocenters. The molecule has 1 rings (SSSR count). The first kappa shape index (κ1) is 47.1. The quantitative estimate of drug-likeness (QED) is 0.171. The van der Waals surface area contributed by atoms with Gasteiger partial charge in [-0.15, -0.1) is 6.58 Å². The Morgan fingerprint density at radius 1 is 0.692 bits per heavy atom. The van der Waals surface area contributed by atoms with Gasteiger partial charge in [-0.1, -0.05) is 144 Å². The monoisotopic (exact) mass is 549 g/mol. The Labute approximate surface area is 247 Å². The number of allylic oxidation sites excluding steroid dienone is 1. The van der Waals surface area contributed by atoms with Crippen molar-refractivity contribution in [3.63, 3.8) is 0 Å². The first-order chi connectivity index (χ1) is 18.5. The zero-order chi connectivity index (χ0) is 31.6. The summed E-state index contributed by atoms with van der Waals surface area (Å²) < 4.78 is 0. The molecule has 2 heteroatoms. The van der Waals surface area contributed by atoms with E-state index >= 15 is 0 Å². The zero-order valence-corrected chi connectivity index (χ0v) is 29.2. The van der Waals surface area contributed by atoms with Crippen LogP contribution in [0.25, 0.3) is 0 Å². The molecule has 1 aromatic rings. The highest BCUT2D eigenvalue weighted by molar-refractivity contribution is 5.78. The summed E-state index contributed by atoms with van der Waals surface area (Å²) in [5, 5.41) is 0. The molecule has 0 amide bonds. The summed E-state index contributed by atoms with van der Waals surface area (Å²) in [6.45, 7) is 31.8. The van der Waals surface area contributed by atoms with Crippen LogP contribution >= 0.6 is 0 Å². The minimum Gasteiger partial charge on any atom is -0.300 e. The number of Topliss-reactive ketones (excluding diaryl/α,β-unsaturated/α-hetero) is 2. The standard InChI is InChI=1S/C12H16O.C11H22.C8H16O.3C2H6/c1-10(11(2)13)8-9-12-6-4-3-5-7-12;1-4-5-6-7-8-9-10-11(2)3;1-6(2)5-7(3)8(4)9;3*1-2/h3-7,10H,8-9H2,1-2H3;2,4-10H2,1,3H3;6-7H,5H2,1-4H3;3*1-2H3/t10-;;7-;;;/m0.0.../s1. The van der Waals surface area contributed by atoms with Crippen molar-refractivity contribution in [2.75, 3.05) is 0 Å². The lowest BCUT2D eigenvalue weighted by atomic mass is 9.96. The van der Waals surface area contributed by atoms with Gasteiger partial charge in [0.05, 0.1) is 0 Å². The molecule has 0 aliphatic heterocycles. The average molecular weight is 549 g/mol. The molecular weight excluding hydrogens is 476 g/mol. The van der Waals surface area contributed by atoms with Crippen LogP contribution in [0.3, 0.4) is 0 Å². The molecule has 0 aromatic heterocycles. The maximum Gasteiger partial charge on any atom is 0.132 e. The van der Waals surface area contributed by atoms with E-state index in [1.807, 2.05) is 73.6 Å². The molecule has 0 aliphatic carbocycles. The SMILES string of the molecule is C=C(C)CCCCCCCC.CC.CC.CC.CC(=O)[C@@H](C)CC(C)C.CC(=O)[C@@H](C)CCc1ccccc1. The van der Waals surface area contributed by atoms with Gasteiger partial charge in [0.15, 0.2) is 0 Å². The second kappa shape index (κ2) is 38.4. The van der Waals surface area contributed by atoms with Crippen molar-refractivity contribution in [2.24, 2.45) is 17.8 Å². The summed E-state index contributed by atoms with van der Waals surface area (Å²) in [6.07, 6.45) is 12.6. The van der Waals surface area contributed by atoms with Crippen LogP contribution in [0.4, 0.5) is 0 Å². The van der Waals surface area contributed by atoms with Crippen LogP contribution in [0.1, 0.15) is 160 Å². The van der Waals surface area contributed by atoms with Crippen molar-refractivity contribution in [1.82, 2.24) is 0 Å². The van der Waals surface area contributed by atoms with Gasteiger partial charge >= 0.3 is 0 Å². The maximum absolute atomic E-state index is 11.0. The number of hydrogen-bond donors (Lipinski definition) is 0. The van der Waals surface area contributed by atoms with E-state index in [1.54, 1.807) is 13.8 Å². The Kier molecular flexibility index (Phi) is 46.4. The third-order valence-electron chi connectivity index (χ3n) is 5.88. The van der Waals surface area contributed by atoms with Crippen LogP contribution in [0.5, 0.6) is 0 Å². The van der Waals surface area contributed by atoms with Crippen molar-refractivity contribution >= 4 is 11.6 Å². The molecule has 0 fully saturated rings. The predicted molar refractivity (Wildman–Crippen MR) is 181 cm³/mol. The number of carbonyl (C=O) groups excluding carboxylic acids is 2. The molecule has 0 saturated carbocycles. The minimum atomic E-state index is 0.195. The number of rotatable bonds is 14. The Bertz CT molecular complexity index is 616. The van der Waals surface area contributed by atoms with Gasteiger partial charge in [0.2, 0.25) is 0 Å². The van der Waals surface area contributed by atoms with Crippen LogP contribution < -0.4 is 0 Å². The Hall–Kier alpha value is -1.70. The van der Waals surface area contributed by atoms with Crippen molar-refractivity contribution in [2.45, 2.75) is 161 Å². The fraction of sp³-hybridized carbons (Fsp3) is 0.730. The lowest BCUT2D eigenvalue weighted by Crippen LogP contribution is -2.08. The minimum absolute atomic E-state index is 0.195. The second-order valence-corrected chi connectivity index (χ2v) is 10.2. The smallest absolute Gasteiger partial charge is 0.132 e. The maximum atomic E-state index is 11.0. The summed E-state index contributed by atoms with van der Waals surface area (Å²) in [5.41, 5.74) is 2.65. The summed E-state index contributed by atoms with van der Waals surface area (Å²) in [7, 11) is 0. The lowest BCUT2D eigenvalue weighted by molar-refractivity contribution is -0.121. The predicted octanol–water partition coefficient (Wildman–Crippen LogP) is 12.5. The topological polar surface area (TPSA) is 34.1 Å². The largest absolute Gasteiger partial charge is 0.300 e. The van der Waals surface area contributed by atoms with Gasteiger partial charge in [0.25, 0.3) is 0 Å². The average Bonchev–Trinajstić information content (AvgIpc) is 2.93. The molecule has 0 spiro atoms. The third kappa shape index (κ3) is 43.6. The molecule has 0 radical (unpaired) electrons. The van der Waals surface area contributed by atoms with Crippen molar-refractivity contribution in [3.05, 3.63) is 48.0 Å². The number of benzene rings is 1. The summed E-state index contributed by atoms with van der Waals surface area (Å²) >= 11 is 0. The van der Waals surface area contributed by atoms with Crippen LogP contribution in [0, 0.1) is 17.8 Å². The molecule has 0 bridgehead atoms. The lowest BCUT2D eigenvalue weighted by Gasteiger charge is -2.08. The van der Waals surface area contributed by atoms with E-state index in [4.69, 9.17) is 0 Å². The fourth-order valence-electron chi connectivity index (χ4n) is 3.31. The Morgan fingerprint density at radius 3 is 1.49 bits per heavy atom. The Balaban J connectivity index is -0.000000137. The number of carbonyl (C=O) groups is 2. The normalized spacial score (nSPS) is 10.6. The highest BCUT2D eigenvalue weighted by Crippen LogP contribution is 2.11. The van der Waals surface area contributed by atoms with Crippen molar-refractivity contribution in [1.29, 1.82) is 0 Å². The fourth-order valence-corrected chi connectivity index (χ4v) is 3.31. The number of aryl methyl sites for hydroxylation is 1. The second-order valence-electron chi connectivity index (χ2n) is 10.2. The molecular formula is C37H72O2. The van der Waals surface area contributed by atoms with Crippen LogP contribution in [0.15, 0.2) is 42.5 Å². The third-order valence-corrected chi connectivity index (χ3v) is 5.88. The van der Waals surface area contributed by atoms with Gasteiger partial charge in [-0.05, 0) is 64.4 Å². The van der Waals surface area contributed by atoms with Gasteiger partial charge in [-0.25, -0.2) is 0 Å². The van der Waals surface area contributed by atoms with Gasteiger partial charge in [0.1, 0.15) is 11.6 Å². The van der Waals surface area contributed by atoms with Crippen LogP contribution in [0.2, 0.25) is 0 Å². The van der Waals surface area contributed by atoms with Gasteiger partial charge < -0.3 is 0 Å². The van der Waals surface area contributed by atoms with Crippen LogP contribution in [-0.4, -0.2) is 11.6 Å². The highest BCUT2D eigenvalue weighted by Gasteiger charge is 2.08. The molecule has 0 aliphatic rings. The molecule has 2 nitrogen and oxygen atoms in total.